The van der Waals surface area contributed by atoms with Crippen LogP contribution in [-0.4, -0.2) is 25.6 Å². The van der Waals surface area contributed by atoms with E-state index in [4.69, 9.17) is 0 Å². The summed E-state index contributed by atoms with van der Waals surface area (Å²) in [5, 5.41) is 23.0. The molecule has 1 amide bonds. The number of aromatic nitrogens is 3. The van der Waals surface area contributed by atoms with Crippen LogP contribution in [0.2, 0.25) is 0 Å². The third-order valence-electron chi connectivity index (χ3n) is 3.96. The Labute approximate surface area is 166 Å². The van der Waals surface area contributed by atoms with E-state index in [1.54, 1.807) is 12.1 Å². The first-order valence-electron chi connectivity index (χ1n) is 8.65. The van der Waals surface area contributed by atoms with Crippen molar-refractivity contribution in [2.24, 2.45) is 0 Å². The first-order chi connectivity index (χ1) is 13.5. The van der Waals surface area contributed by atoms with Gasteiger partial charge in [0.25, 0.3) is 5.69 Å². The fourth-order valence-corrected chi connectivity index (χ4v) is 3.69. The molecule has 0 aliphatic rings. The summed E-state index contributed by atoms with van der Waals surface area (Å²) in [5.74, 6) is 1.12. The van der Waals surface area contributed by atoms with Crippen LogP contribution in [0.3, 0.4) is 0 Å². The number of hydrogen-bond acceptors (Lipinski definition) is 6. The number of nitrogens with zero attached hydrogens (tertiary/aromatic N) is 4. The number of carbonyl (C=O) groups is 1. The second-order valence-electron chi connectivity index (χ2n) is 6.03. The zero-order valence-corrected chi connectivity index (χ0v) is 16.3. The summed E-state index contributed by atoms with van der Waals surface area (Å²) in [6.45, 7) is 4.13. The molecule has 2 aromatic carbocycles. The Bertz CT molecular complexity index is 1020. The molecule has 0 unspecified atom stereocenters. The van der Waals surface area contributed by atoms with Crippen molar-refractivity contribution in [2.45, 2.75) is 31.3 Å². The predicted molar refractivity (Wildman–Crippen MR) is 108 cm³/mol. The number of non-ortho nitro benzene ring substituents is 1. The lowest BCUT2D eigenvalue weighted by atomic mass is 10.2. The van der Waals surface area contributed by atoms with Gasteiger partial charge in [-0.1, -0.05) is 36.0 Å². The molecule has 0 bridgehead atoms. The molecule has 0 aliphatic heterocycles. The third kappa shape index (κ3) is 4.55. The topological polar surface area (TPSA) is 103 Å². The Balaban J connectivity index is 1.82. The van der Waals surface area contributed by atoms with Crippen LogP contribution in [0.4, 0.5) is 11.4 Å². The first kappa shape index (κ1) is 19.6. The molecule has 1 heterocycles. The van der Waals surface area contributed by atoms with Crippen molar-refractivity contribution in [3.05, 3.63) is 64.2 Å². The summed E-state index contributed by atoms with van der Waals surface area (Å²) in [6.07, 6.45) is 0. The van der Waals surface area contributed by atoms with Crippen molar-refractivity contribution in [2.75, 3.05) is 5.32 Å². The van der Waals surface area contributed by atoms with Gasteiger partial charge in [-0.3, -0.25) is 14.9 Å². The number of hydrogen-bond donors (Lipinski definition) is 1. The number of nitrogens with one attached hydrogen (secondary N) is 1. The van der Waals surface area contributed by atoms with Gasteiger partial charge >= 0.3 is 0 Å². The van der Waals surface area contributed by atoms with E-state index in [1.807, 2.05) is 41.8 Å². The molecule has 0 atom stereocenters. The molecule has 28 heavy (non-hydrogen) atoms. The van der Waals surface area contributed by atoms with Crippen LogP contribution in [-0.2, 0) is 17.1 Å². The second kappa shape index (κ2) is 8.66. The molecule has 0 aliphatic carbocycles. The van der Waals surface area contributed by atoms with Gasteiger partial charge in [-0.15, -0.1) is 10.2 Å². The normalized spacial score (nSPS) is 10.6. The maximum absolute atomic E-state index is 11.3. The van der Waals surface area contributed by atoms with Gasteiger partial charge in [0.15, 0.2) is 11.0 Å². The van der Waals surface area contributed by atoms with E-state index in [0.29, 0.717) is 23.8 Å². The average Bonchev–Trinajstić information content (AvgIpc) is 3.09. The molecular formula is C19H19N5O3S. The number of thioether (sulfide) groups is 1. The fraction of sp³-hybridized carbons (Fsp3) is 0.211. The van der Waals surface area contributed by atoms with Crippen molar-refractivity contribution in [3.63, 3.8) is 0 Å². The highest BCUT2D eigenvalue weighted by Gasteiger charge is 2.14. The average molecular weight is 397 g/mol. The monoisotopic (exact) mass is 397 g/mol. The Morgan fingerprint density at radius 1 is 1.21 bits per heavy atom. The van der Waals surface area contributed by atoms with Gasteiger partial charge in [0, 0.05) is 42.6 Å². The van der Waals surface area contributed by atoms with Gasteiger partial charge < -0.3 is 9.88 Å². The smallest absolute Gasteiger partial charge is 0.269 e. The summed E-state index contributed by atoms with van der Waals surface area (Å²) < 4.78 is 1.98. The number of nitro groups is 1. The minimum absolute atomic E-state index is 0.0746. The Morgan fingerprint density at radius 3 is 2.71 bits per heavy atom. The molecule has 0 spiro atoms. The van der Waals surface area contributed by atoms with E-state index >= 15 is 0 Å². The van der Waals surface area contributed by atoms with Crippen LogP contribution < -0.4 is 5.32 Å². The van der Waals surface area contributed by atoms with E-state index in [2.05, 4.69) is 15.5 Å². The molecule has 8 nitrogen and oxygen atoms in total. The zero-order chi connectivity index (χ0) is 20.1. The van der Waals surface area contributed by atoms with Gasteiger partial charge in [0.1, 0.15) is 0 Å². The Kier molecular flexibility index (Phi) is 6.05. The third-order valence-corrected chi connectivity index (χ3v) is 5.00. The van der Waals surface area contributed by atoms with Crippen molar-refractivity contribution < 1.29 is 9.72 Å². The van der Waals surface area contributed by atoms with Crippen molar-refractivity contribution in [3.8, 4) is 11.4 Å². The molecule has 9 heteroatoms. The lowest BCUT2D eigenvalue weighted by Gasteiger charge is -2.09. The van der Waals surface area contributed by atoms with Crippen LogP contribution >= 0.6 is 11.8 Å². The van der Waals surface area contributed by atoms with E-state index < -0.39 is 4.92 Å². The van der Waals surface area contributed by atoms with Gasteiger partial charge in [-0.25, -0.2) is 0 Å². The number of benzene rings is 2. The number of amides is 1. The predicted octanol–water partition coefficient (Wildman–Crippen LogP) is 4.12. The minimum atomic E-state index is -0.400. The highest BCUT2D eigenvalue weighted by molar-refractivity contribution is 7.98. The lowest BCUT2D eigenvalue weighted by Crippen LogP contribution is -2.06. The van der Waals surface area contributed by atoms with Crippen molar-refractivity contribution in [1.82, 2.24) is 14.8 Å². The van der Waals surface area contributed by atoms with Crippen LogP contribution in [0.25, 0.3) is 11.4 Å². The van der Waals surface area contributed by atoms with Gasteiger partial charge in [0.2, 0.25) is 5.91 Å². The molecule has 0 radical (unpaired) electrons. The molecule has 3 rings (SSSR count). The fourth-order valence-electron chi connectivity index (χ4n) is 2.74. The summed E-state index contributed by atoms with van der Waals surface area (Å²) in [5.41, 5.74) is 2.47. The maximum Gasteiger partial charge on any atom is 0.269 e. The van der Waals surface area contributed by atoms with Crippen LogP contribution in [0, 0.1) is 10.1 Å². The van der Waals surface area contributed by atoms with Crippen molar-refractivity contribution >= 4 is 29.0 Å². The minimum Gasteiger partial charge on any atom is -0.326 e. The van der Waals surface area contributed by atoms with E-state index in [1.165, 1.54) is 24.8 Å². The van der Waals surface area contributed by atoms with Crippen LogP contribution in [0.15, 0.2) is 53.7 Å². The summed E-state index contributed by atoms with van der Waals surface area (Å²) >= 11 is 1.47. The number of nitro benzene ring substituents is 1. The molecule has 1 aromatic heterocycles. The molecule has 0 saturated carbocycles. The SMILES string of the molecule is CCn1c(SCc2cccc([N+](=O)[O-])c2)nnc1-c1cccc(NC(C)=O)c1. The quantitative estimate of drug-likeness (QED) is 0.365. The summed E-state index contributed by atoms with van der Waals surface area (Å²) in [7, 11) is 0. The number of rotatable bonds is 7. The lowest BCUT2D eigenvalue weighted by molar-refractivity contribution is -0.384. The first-order valence-corrected chi connectivity index (χ1v) is 9.64. The molecule has 1 N–H and O–H groups in total. The van der Waals surface area contributed by atoms with Gasteiger partial charge in [-0.05, 0) is 24.6 Å². The maximum atomic E-state index is 11.3. The van der Waals surface area contributed by atoms with E-state index in [0.717, 1.165) is 16.3 Å². The number of carbonyl (C=O) groups excluding carboxylic acids is 1. The highest BCUT2D eigenvalue weighted by Crippen LogP contribution is 2.28. The molecule has 0 fully saturated rings. The largest absolute Gasteiger partial charge is 0.326 e. The standard InChI is InChI=1S/C19H19N5O3S/c1-3-23-18(15-7-5-8-16(11-15)20-13(2)25)21-22-19(23)28-12-14-6-4-9-17(10-14)24(26)27/h4-11H,3,12H2,1-2H3,(H,20,25). The van der Waals surface area contributed by atoms with Crippen molar-refractivity contribution in [1.29, 1.82) is 0 Å². The molecule has 144 valence electrons. The Hall–Kier alpha value is -3.20. The van der Waals surface area contributed by atoms with Gasteiger partial charge in [0.05, 0.1) is 4.92 Å². The van der Waals surface area contributed by atoms with Gasteiger partial charge in [-0.2, -0.15) is 0 Å². The summed E-state index contributed by atoms with van der Waals surface area (Å²) in [6, 6.07) is 14.0. The molecule has 0 saturated heterocycles. The summed E-state index contributed by atoms with van der Waals surface area (Å²) in [4.78, 5) is 21.8. The van der Waals surface area contributed by atoms with Crippen LogP contribution in [0.1, 0.15) is 19.4 Å². The van der Waals surface area contributed by atoms with Crippen LogP contribution in [0.5, 0.6) is 0 Å². The van der Waals surface area contributed by atoms with E-state index in [-0.39, 0.29) is 11.6 Å². The highest BCUT2D eigenvalue weighted by atomic mass is 32.2. The number of anilines is 1. The Morgan fingerprint density at radius 2 is 2.00 bits per heavy atom. The zero-order valence-electron chi connectivity index (χ0n) is 15.5. The molecular weight excluding hydrogens is 378 g/mol. The molecule has 3 aromatic rings. The second-order valence-corrected chi connectivity index (χ2v) is 6.97. The van der Waals surface area contributed by atoms with E-state index in [9.17, 15) is 14.9 Å².